The highest BCUT2D eigenvalue weighted by atomic mass is 15.2. The molecule has 0 aliphatic heterocycles. The summed E-state index contributed by atoms with van der Waals surface area (Å²) in [6.07, 6.45) is 5.75. The van der Waals surface area contributed by atoms with E-state index in [-0.39, 0.29) is 0 Å². The lowest BCUT2D eigenvalue weighted by atomic mass is 10.2. The summed E-state index contributed by atoms with van der Waals surface area (Å²) in [6.45, 7) is 0. The molecule has 0 bridgehead atoms. The Balaban J connectivity index is 1.73. The van der Waals surface area contributed by atoms with Crippen LogP contribution in [0.4, 0.5) is 11.6 Å². The number of aryl methyl sites for hydroxylation is 1. The third-order valence-electron chi connectivity index (χ3n) is 3.74. The van der Waals surface area contributed by atoms with Gasteiger partial charge in [0.25, 0.3) is 0 Å². The Bertz CT molecular complexity index is 855. The summed E-state index contributed by atoms with van der Waals surface area (Å²) in [6, 6.07) is 16.4. The van der Waals surface area contributed by atoms with Crippen LogP contribution in [0.2, 0.25) is 0 Å². The van der Waals surface area contributed by atoms with Gasteiger partial charge >= 0.3 is 0 Å². The Hall–Kier alpha value is -2.88. The summed E-state index contributed by atoms with van der Waals surface area (Å²) in [5.74, 6) is 0.707. The average Bonchev–Trinajstić information content (AvgIpc) is 2.89. The summed E-state index contributed by atoms with van der Waals surface area (Å²) in [5.41, 5.74) is 4.39. The Morgan fingerprint density at radius 3 is 2.48 bits per heavy atom. The minimum Gasteiger partial charge on any atom is -0.378 e. The van der Waals surface area contributed by atoms with Gasteiger partial charge in [-0.1, -0.05) is 30.3 Å². The maximum atomic E-state index is 4.51. The molecule has 4 heteroatoms. The first-order valence-electron chi connectivity index (χ1n) is 7.55. The Labute approximate surface area is 136 Å². The number of anilines is 1. The number of nitrogens with zero attached hydrogens (tertiary/aromatic N) is 4. The molecule has 0 aliphatic carbocycles. The van der Waals surface area contributed by atoms with E-state index in [9.17, 15) is 0 Å². The van der Waals surface area contributed by atoms with Crippen molar-refractivity contribution in [3.05, 3.63) is 60.2 Å². The van der Waals surface area contributed by atoms with Gasteiger partial charge in [0.1, 0.15) is 0 Å². The summed E-state index contributed by atoms with van der Waals surface area (Å²) in [5, 5.41) is 0. The SMILES string of the molecule is CN(C)c1ccc(C=CC=Nc2nc3ccccc3n2C)cc1. The molecule has 0 saturated heterocycles. The van der Waals surface area contributed by atoms with Crippen LogP contribution in [0.3, 0.4) is 0 Å². The van der Waals surface area contributed by atoms with E-state index in [4.69, 9.17) is 0 Å². The standard InChI is InChI=1S/C19H20N4/c1-22(2)16-12-10-15(11-13-16)7-6-14-20-19-21-17-8-4-5-9-18(17)23(19)3/h4-14H,1-3H3. The number of allylic oxidation sites excluding steroid dienone is 1. The Morgan fingerprint density at radius 2 is 1.78 bits per heavy atom. The lowest BCUT2D eigenvalue weighted by molar-refractivity contribution is 0.945. The topological polar surface area (TPSA) is 33.4 Å². The number of fused-ring (bicyclic) bond motifs is 1. The van der Waals surface area contributed by atoms with E-state index in [2.05, 4.69) is 39.1 Å². The maximum Gasteiger partial charge on any atom is 0.230 e. The first kappa shape index (κ1) is 15.0. The molecule has 0 radical (unpaired) electrons. The molecule has 3 rings (SSSR count). The molecule has 3 aromatic rings. The van der Waals surface area contributed by atoms with Crippen molar-refractivity contribution < 1.29 is 0 Å². The lowest BCUT2D eigenvalue weighted by Crippen LogP contribution is -2.07. The van der Waals surface area contributed by atoms with Crippen molar-refractivity contribution in [1.29, 1.82) is 0 Å². The van der Waals surface area contributed by atoms with Crippen molar-refractivity contribution in [2.45, 2.75) is 0 Å². The summed E-state index contributed by atoms with van der Waals surface area (Å²) in [4.78, 5) is 11.0. The second-order valence-electron chi connectivity index (χ2n) is 5.58. The van der Waals surface area contributed by atoms with E-state index in [1.165, 1.54) is 5.69 Å². The summed E-state index contributed by atoms with van der Waals surface area (Å²) >= 11 is 0. The number of hydrogen-bond donors (Lipinski definition) is 0. The number of rotatable bonds is 4. The monoisotopic (exact) mass is 304 g/mol. The molecule has 4 nitrogen and oxygen atoms in total. The molecule has 0 saturated carbocycles. The minimum absolute atomic E-state index is 0.707. The zero-order valence-electron chi connectivity index (χ0n) is 13.6. The van der Waals surface area contributed by atoms with Crippen molar-refractivity contribution >= 4 is 35.0 Å². The fourth-order valence-corrected chi connectivity index (χ4v) is 2.40. The van der Waals surface area contributed by atoms with E-state index in [1.54, 1.807) is 6.21 Å². The molecule has 1 aromatic heterocycles. The predicted octanol–water partition coefficient (Wildman–Crippen LogP) is 4.06. The summed E-state index contributed by atoms with van der Waals surface area (Å²) in [7, 11) is 6.05. The molecule has 23 heavy (non-hydrogen) atoms. The van der Waals surface area contributed by atoms with Gasteiger partial charge in [-0.3, -0.25) is 0 Å². The number of benzene rings is 2. The first-order chi connectivity index (χ1) is 11.1. The molecule has 0 fully saturated rings. The van der Waals surface area contributed by atoms with Crippen LogP contribution in [0, 0.1) is 0 Å². The highest BCUT2D eigenvalue weighted by molar-refractivity contribution is 5.82. The molecule has 116 valence electrons. The Kier molecular flexibility index (Phi) is 4.24. The van der Waals surface area contributed by atoms with E-state index in [0.717, 1.165) is 16.6 Å². The molecule has 0 atom stereocenters. The van der Waals surface area contributed by atoms with Crippen LogP contribution in [0.25, 0.3) is 17.1 Å². The molecular weight excluding hydrogens is 284 g/mol. The second kappa shape index (κ2) is 6.48. The van der Waals surface area contributed by atoms with Crippen LogP contribution >= 0.6 is 0 Å². The zero-order valence-corrected chi connectivity index (χ0v) is 13.6. The highest BCUT2D eigenvalue weighted by Gasteiger charge is 2.03. The van der Waals surface area contributed by atoms with Crippen LogP contribution < -0.4 is 4.90 Å². The molecule has 0 N–H and O–H groups in total. The molecular formula is C19H20N4. The molecule has 0 amide bonds. The third kappa shape index (κ3) is 3.31. The van der Waals surface area contributed by atoms with E-state index >= 15 is 0 Å². The number of aromatic nitrogens is 2. The quantitative estimate of drug-likeness (QED) is 0.681. The van der Waals surface area contributed by atoms with Gasteiger partial charge in [-0.15, -0.1) is 0 Å². The van der Waals surface area contributed by atoms with Crippen LogP contribution in [0.1, 0.15) is 5.56 Å². The number of imidazole rings is 1. The summed E-state index contributed by atoms with van der Waals surface area (Å²) < 4.78 is 1.99. The molecule has 0 unspecified atom stereocenters. The van der Waals surface area contributed by atoms with Gasteiger partial charge in [0.05, 0.1) is 11.0 Å². The van der Waals surface area contributed by atoms with Gasteiger partial charge < -0.3 is 9.47 Å². The molecule has 0 spiro atoms. The van der Waals surface area contributed by atoms with Crippen molar-refractivity contribution in [2.24, 2.45) is 12.0 Å². The first-order valence-corrected chi connectivity index (χ1v) is 7.55. The van der Waals surface area contributed by atoms with Gasteiger partial charge in [-0.25, -0.2) is 9.98 Å². The largest absolute Gasteiger partial charge is 0.378 e. The predicted molar refractivity (Wildman–Crippen MR) is 98.7 cm³/mol. The van der Waals surface area contributed by atoms with Gasteiger partial charge in [0, 0.05) is 33.0 Å². The highest BCUT2D eigenvalue weighted by Crippen LogP contribution is 2.19. The van der Waals surface area contributed by atoms with Gasteiger partial charge in [-0.05, 0) is 35.9 Å². The van der Waals surface area contributed by atoms with Crippen molar-refractivity contribution in [3.8, 4) is 0 Å². The minimum atomic E-state index is 0.707. The molecule has 1 heterocycles. The second-order valence-corrected chi connectivity index (χ2v) is 5.58. The van der Waals surface area contributed by atoms with E-state index in [1.807, 2.05) is 62.1 Å². The lowest BCUT2D eigenvalue weighted by Gasteiger charge is -2.11. The third-order valence-corrected chi connectivity index (χ3v) is 3.74. The van der Waals surface area contributed by atoms with Crippen molar-refractivity contribution in [3.63, 3.8) is 0 Å². The Morgan fingerprint density at radius 1 is 1.04 bits per heavy atom. The zero-order chi connectivity index (χ0) is 16.2. The normalized spacial score (nSPS) is 11.8. The molecule has 2 aromatic carbocycles. The van der Waals surface area contributed by atoms with Crippen LogP contribution in [0.15, 0.2) is 59.6 Å². The van der Waals surface area contributed by atoms with Crippen molar-refractivity contribution in [2.75, 3.05) is 19.0 Å². The average molecular weight is 304 g/mol. The van der Waals surface area contributed by atoms with E-state index < -0.39 is 0 Å². The number of hydrogen-bond acceptors (Lipinski definition) is 3. The van der Waals surface area contributed by atoms with Gasteiger partial charge in [0.15, 0.2) is 0 Å². The fourth-order valence-electron chi connectivity index (χ4n) is 2.40. The van der Waals surface area contributed by atoms with Crippen LogP contribution in [-0.4, -0.2) is 29.9 Å². The van der Waals surface area contributed by atoms with E-state index in [0.29, 0.717) is 5.95 Å². The van der Waals surface area contributed by atoms with Gasteiger partial charge in [0.2, 0.25) is 5.95 Å². The number of aliphatic imine (C=N–C) groups is 1. The van der Waals surface area contributed by atoms with Crippen LogP contribution in [-0.2, 0) is 7.05 Å². The molecule has 0 aliphatic rings. The van der Waals surface area contributed by atoms with Gasteiger partial charge in [-0.2, -0.15) is 0 Å². The maximum absolute atomic E-state index is 4.51. The fraction of sp³-hybridized carbons (Fsp3) is 0.158. The van der Waals surface area contributed by atoms with Crippen LogP contribution in [0.5, 0.6) is 0 Å². The number of para-hydroxylation sites is 2. The smallest absolute Gasteiger partial charge is 0.230 e. The van der Waals surface area contributed by atoms with Crippen molar-refractivity contribution in [1.82, 2.24) is 9.55 Å².